The summed E-state index contributed by atoms with van der Waals surface area (Å²) in [6.45, 7) is 1.77. The maximum absolute atomic E-state index is 11.7. The molecule has 1 aromatic rings. The van der Waals surface area contributed by atoms with Crippen molar-refractivity contribution >= 4 is 28.9 Å². The molecule has 0 saturated heterocycles. The molecule has 1 aliphatic rings. The predicted octanol–water partition coefficient (Wildman–Crippen LogP) is 3.13. The Hall–Kier alpha value is -0.720. The van der Waals surface area contributed by atoms with Gasteiger partial charge in [-0.15, -0.1) is 17.3 Å². The van der Waals surface area contributed by atoms with Crippen molar-refractivity contribution in [1.29, 1.82) is 0 Å². The molecule has 0 N–H and O–H groups in total. The minimum absolute atomic E-state index is 0.175. The molecule has 0 radical (unpaired) electrons. The van der Waals surface area contributed by atoms with E-state index in [9.17, 15) is 4.79 Å². The van der Waals surface area contributed by atoms with Gasteiger partial charge in [-0.1, -0.05) is 5.92 Å². The number of hydrogen-bond donors (Lipinski definition) is 0. The first-order valence-electron chi connectivity index (χ1n) is 4.93. The number of rotatable bonds is 2. The van der Waals surface area contributed by atoms with Gasteiger partial charge in [-0.25, -0.2) is 0 Å². The maximum Gasteiger partial charge on any atom is 0.184 e. The lowest BCUT2D eigenvalue weighted by Gasteiger charge is -2.08. The van der Waals surface area contributed by atoms with E-state index in [0.717, 1.165) is 17.1 Å². The second-order valence-electron chi connectivity index (χ2n) is 3.39. The van der Waals surface area contributed by atoms with Crippen LogP contribution >= 0.6 is 23.1 Å². The van der Waals surface area contributed by atoms with Crippen molar-refractivity contribution in [2.75, 3.05) is 5.75 Å². The van der Waals surface area contributed by atoms with Gasteiger partial charge in [0, 0.05) is 10.6 Å². The Labute approximate surface area is 98.3 Å². The smallest absolute Gasteiger partial charge is 0.184 e. The standard InChI is InChI=1S/C12H12OS2/c1-2-3-4-10(13)12-7-9-8-14-6-5-11(9)15-12/h7H,4-6,8H2,1H3. The zero-order valence-electron chi connectivity index (χ0n) is 8.63. The molecule has 3 heteroatoms. The van der Waals surface area contributed by atoms with Crippen LogP contribution in [-0.2, 0) is 12.2 Å². The number of carbonyl (C=O) groups excluding carboxylic acids is 1. The van der Waals surface area contributed by atoms with E-state index >= 15 is 0 Å². The molecule has 0 atom stereocenters. The first-order valence-corrected chi connectivity index (χ1v) is 6.90. The van der Waals surface area contributed by atoms with E-state index < -0.39 is 0 Å². The lowest BCUT2D eigenvalue weighted by atomic mass is 10.2. The van der Waals surface area contributed by atoms with Gasteiger partial charge in [-0.2, -0.15) is 11.8 Å². The fourth-order valence-corrected chi connectivity index (χ4v) is 3.85. The summed E-state index contributed by atoms with van der Waals surface area (Å²) in [5, 5.41) is 0. The van der Waals surface area contributed by atoms with E-state index in [1.54, 1.807) is 18.3 Å². The third kappa shape index (κ3) is 2.45. The van der Waals surface area contributed by atoms with Crippen molar-refractivity contribution in [3.63, 3.8) is 0 Å². The zero-order chi connectivity index (χ0) is 10.7. The molecule has 0 bridgehead atoms. The Bertz CT molecular complexity index is 411. The second kappa shape index (κ2) is 4.87. The molecule has 2 heterocycles. The molecule has 78 valence electrons. The number of fused-ring (bicyclic) bond motifs is 1. The molecule has 0 spiro atoms. The Morgan fingerprint density at radius 2 is 2.47 bits per heavy atom. The normalized spacial score (nSPS) is 13.9. The summed E-state index contributed by atoms with van der Waals surface area (Å²) >= 11 is 3.61. The van der Waals surface area contributed by atoms with E-state index in [0.29, 0.717) is 6.42 Å². The average Bonchev–Trinajstić information content (AvgIpc) is 2.69. The van der Waals surface area contributed by atoms with Crippen LogP contribution < -0.4 is 0 Å². The van der Waals surface area contributed by atoms with Crippen LogP contribution in [-0.4, -0.2) is 11.5 Å². The Balaban J connectivity index is 2.17. The van der Waals surface area contributed by atoms with Crippen LogP contribution in [0.5, 0.6) is 0 Å². The van der Waals surface area contributed by atoms with Crippen molar-refractivity contribution < 1.29 is 4.79 Å². The van der Waals surface area contributed by atoms with Gasteiger partial charge in [0.25, 0.3) is 0 Å². The number of hydrogen-bond acceptors (Lipinski definition) is 3. The molecule has 0 saturated carbocycles. The average molecular weight is 236 g/mol. The van der Waals surface area contributed by atoms with E-state index in [2.05, 4.69) is 17.9 Å². The highest BCUT2D eigenvalue weighted by Gasteiger charge is 2.16. The van der Waals surface area contributed by atoms with Gasteiger partial charge < -0.3 is 0 Å². The first kappa shape index (κ1) is 10.8. The van der Waals surface area contributed by atoms with E-state index in [1.807, 2.05) is 11.8 Å². The van der Waals surface area contributed by atoms with E-state index in [-0.39, 0.29) is 5.78 Å². The fraction of sp³-hybridized carbons (Fsp3) is 0.417. The lowest BCUT2D eigenvalue weighted by molar-refractivity contribution is 0.100. The molecule has 0 aromatic carbocycles. The number of aryl methyl sites for hydroxylation is 1. The number of ketones is 1. The number of carbonyl (C=O) groups is 1. The van der Waals surface area contributed by atoms with Gasteiger partial charge in [0.15, 0.2) is 5.78 Å². The molecular weight excluding hydrogens is 224 g/mol. The van der Waals surface area contributed by atoms with Gasteiger partial charge in [-0.05, 0) is 30.7 Å². The molecule has 0 unspecified atom stereocenters. The van der Waals surface area contributed by atoms with Crippen molar-refractivity contribution in [2.45, 2.75) is 25.5 Å². The summed E-state index contributed by atoms with van der Waals surface area (Å²) in [4.78, 5) is 14.0. The summed E-state index contributed by atoms with van der Waals surface area (Å²) in [6, 6.07) is 2.06. The van der Waals surface area contributed by atoms with Crippen molar-refractivity contribution in [1.82, 2.24) is 0 Å². The summed E-state index contributed by atoms with van der Waals surface area (Å²) in [7, 11) is 0. The molecule has 0 fully saturated rings. The topological polar surface area (TPSA) is 17.1 Å². The minimum Gasteiger partial charge on any atom is -0.292 e. The highest BCUT2D eigenvalue weighted by molar-refractivity contribution is 7.98. The van der Waals surface area contributed by atoms with E-state index in [4.69, 9.17) is 0 Å². The number of thioether (sulfide) groups is 1. The molecule has 1 aliphatic heterocycles. The molecule has 0 aliphatic carbocycles. The Morgan fingerprint density at radius 1 is 1.60 bits per heavy atom. The summed E-state index contributed by atoms with van der Waals surface area (Å²) in [5.41, 5.74) is 1.36. The monoisotopic (exact) mass is 236 g/mol. The van der Waals surface area contributed by atoms with Crippen LogP contribution in [0.4, 0.5) is 0 Å². The summed E-state index contributed by atoms with van der Waals surface area (Å²) in [6.07, 6.45) is 1.49. The maximum atomic E-state index is 11.7. The second-order valence-corrected chi connectivity index (χ2v) is 5.63. The zero-order valence-corrected chi connectivity index (χ0v) is 10.3. The van der Waals surface area contributed by atoms with Crippen LogP contribution in [0, 0.1) is 11.8 Å². The molecule has 2 rings (SSSR count). The highest BCUT2D eigenvalue weighted by Crippen LogP contribution is 2.32. The third-order valence-corrected chi connectivity index (χ3v) is 4.61. The molecule has 1 nitrogen and oxygen atoms in total. The largest absolute Gasteiger partial charge is 0.292 e. The van der Waals surface area contributed by atoms with Crippen LogP contribution in [0.1, 0.15) is 33.5 Å². The third-order valence-electron chi connectivity index (χ3n) is 2.33. The highest BCUT2D eigenvalue weighted by atomic mass is 32.2. The van der Waals surface area contributed by atoms with Crippen LogP contribution in [0.2, 0.25) is 0 Å². The number of thiophene rings is 1. The Morgan fingerprint density at radius 3 is 3.20 bits per heavy atom. The van der Waals surface area contributed by atoms with Gasteiger partial charge in [0.2, 0.25) is 0 Å². The van der Waals surface area contributed by atoms with Gasteiger partial charge in [0.1, 0.15) is 0 Å². The predicted molar refractivity (Wildman–Crippen MR) is 66.6 cm³/mol. The van der Waals surface area contributed by atoms with Crippen molar-refractivity contribution in [3.8, 4) is 11.8 Å². The quantitative estimate of drug-likeness (QED) is 0.579. The van der Waals surface area contributed by atoms with Gasteiger partial charge in [-0.3, -0.25) is 4.79 Å². The van der Waals surface area contributed by atoms with E-state index in [1.165, 1.54) is 16.2 Å². The van der Waals surface area contributed by atoms with Gasteiger partial charge >= 0.3 is 0 Å². The van der Waals surface area contributed by atoms with Crippen LogP contribution in [0.15, 0.2) is 6.07 Å². The first-order chi connectivity index (χ1) is 7.31. The van der Waals surface area contributed by atoms with Gasteiger partial charge in [0.05, 0.1) is 11.3 Å². The number of Topliss-reactive ketones (excluding diaryl/α,β-unsaturated/α-hetero) is 1. The SMILES string of the molecule is CC#CCC(=O)c1cc2c(s1)CCSC2. The summed E-state index contributed by atoms with van der Waals surface area (Å²) < 4.78 is 0. The molecule has 15 heavy (non-hydrogen) atoms. The molecular formula is C12H12OS2. The minimum atomic E-state index is 0.175. The lowest BCUT2D eigenvalue weighted by Crippen LogP contribution is -1.96. The van der Waals surface area contributed by atoms with Crippen molar-refractivity contribution in [2.24, 2.45) is 0 Å². The molecule has 0 amide bonds. The van der Waals surface area contributed by atoms with Crippen LogP contribution in [0.25, 0.3) is 0 Å². The van der Waals surface area contributed by atoms with Crippen LogP contribution in [0.3, 0.4) is 0 Å². The molecule has 1 aromatic heterocycles. The Kier molecular flexibility index (Phi) is 3.50. The van der Waals surface area contributed by atoms with Crippen molar-refractivity contribution in [3.05, 3.63) is 21.4 Å². The fourth-order valence-electron chi connectivity index (χ4n) is 1.54. The summed E-state index contributed by atoms with van der Waals surface area (Å²) in [5.74, 6) is 8.02.